The molecule has 35 heavy (non-hydrogen) atoms. The molecule has 2 aromatic heterocycles. The van der Waals surface area contributed by atoms with Crippen LogP contribution in [-0.4, -0.2) is 68.5 Å². The van der Waals surface area contributed by atoms with Crippen molar-refractivity contribution in [2.45, 2.75) is 50.6 Å². The van der Waals surface area contributed by atoms with Crippen LogP contribution in [0.1, 0.15) is 50.1 Å². The van der Waals surface area contributed by atoms with Gasteiger partial charge in [-0.1, -0.05) is 30.3 Å². The third-order valence-corrected chi connectivity index (χ3v) is 7.41. The Hall–Kier alpha value is -3.62. The molecular formula is C26H32N6O3. The molecule has 184 valence electrons. The minimum atomic E-state index is -0.517. The first-order valence-corrected chi connectivity index (χ1v) is 12.5. The fourth-order valence-electron chi connectivity index (χ4n) is 5.46. The Morgan fingerprint density at radius 1 is 1.06 bits per heavy atom. The van der Waals surface area contributed by atoms with Crippen LogP contribution in [0.2, 0.25) is 0 Å². The summed E-state index contributed by atoms with van der Waals surface area (Å²) in [5, 5.41) is 3.02. The summed E-state index contributed by atoms with van der Waals surface area (Å²) in [7, 11) is 0. The van der Waals surface area contributed by atoms with Gasteiger partial charge in [-0.15, -0.1) is 0 Å². The van der Waals surface area contributed by atoms with Crippen molar-refractivity contribution in [3.8, 4) is 0 Å². The number of likely N-dealkylation sites (tertiary alicyclic amines) is 2. The molecule has 2 N–H and O–H groups in total. The number of nitrogens with one attached hydrogen (secondary N) is 2. The van der Waals surface area contributed by atoms with Crippen LogP contribution in [0.4, 0.5) is 4.79 Å². The van der Waals surface area contributed by atoms with E-state index in [9.17, 15) is 14.4 Å². The standard InChI is InChI=1S/C26H32N6O3/c1-2-30-17-19(18-7-4-3-5-8-18)10-11-21(24(30)33)28-25(34)31-15-12-20(13-16-31)32-22-9-6-14-27-23(22)29-26(32)35/h3-9,14,19-21H,2,10-13,15-17H2,1H3,(H,28,34)(H,27,29,35)/t19-,21-/m1/s1. The van der Waals surface area contributed by atoms with Gasteiger partial charge in [0.15, 0.2) is 5.65 Å². The summed E-state index contributed by atoms with van der Waals surface area (Å²) < 4.78 is 1.76. The second-order valence-electron chi connectivity index (χ2n) is 9.45. The molecule has 2 fully saturated rings. The number of fused-ring (bicyclic) bond motifs is 1. The molecule has 2 aliphatic heterocycles. The maximum absolute atomic E-state index is 13.2. The van der Waals surface area contributed by atoms with Crippen molar-refractivity contribution in [1.82, 2.24) is 29.7 Å². The summed E-state index contributed by atoms with van der Waals surface area (Å²) in [5.74, 6) is 0.258. The van der Waals surface area contributed by atoms with Crippen LogP contribution in [0.15, 0.2) is 53.5 Å². The van der Waals surface area contributed by atoms with E-state index in [1.807, 2.05) is 42.2 Å². The Morgan fingerprint density at radius 3 is 2.57 bits per heavy atom. The zero-order valence-electron chi connectivity index (χ0n) is 20.0. The van der Waals surface area contributed by atoms with Gasteiger partial charge in [0.05, 0.1) is 5.52 Å². The molecule has 3 aromatic rings. The number of carbonyl (C=O) groups is 2. The number of amides is 3. The monoisotopic (exact) mass is 476 g/mol. The van der Waals surface area contributed by atoms with E-state index in [0.717, 1.165) is 11.9 Å². The van der Waals surface area contributed by atoms with Crippen LogP contribution in [0, 0.1) is 0 Å². The topological polar surface area (TPSA) is 103 Å². The van der Waals surface area contributed by atoms with Gasteiger partial charge in [0, 0.05) is 44.3 Å². The molecule has 0 unspecified atom stereocenters. The molecule has 1 aromatic carbocycles. The molecule has 3 amide bonds. The highest BCUT2D eigenvalue weighted by Gasteiger charge is 2.34. The first kappa shape index (κ1) is 23.1. The lowest BCUT2D eigenvalue weighted by Crippen LogP contribution is -2.53. The van der Waals surface area contributed by atoms with Gasteiger partial charge in [-0.2, -0.15) is 0 Å². The molecule has 0 saturated carbocycles. The highest BCUT2D eigenvalue weighted by atomic mass is 16.2. The fourth-order valence-corrected chi connectivity index (χ4v) is 5.46. The molecule has 0 bridgehead atoms. The number of carbonyl (C=O) groups excluding carboxylic acids is 2. The number of aromatic amines is 1. The second kappa shape index (κ2) is 9.93. The molecular weight excluding hydrogens is 444 g/mol. The Bertz CT molecular complexity index is 1240. The maximum Gasteiger partial charge on any atom is 0.327 e. The average Bonchev–Trinajstić information content (AvgIpc) is 3.15. The molecule has 0 radical (unpaired) electrons. The van der Waals surface area contributed by atoms with Crippen LogP contribution >= 0.6 is 0 Å². The zero-order valence-corrected chi connectivity index (χ0v) is 20.0. The lowest BCUT2D eigenvalue weighted by atomic mass is 9.94. The number of likely N-dealkylation sites (N-methyl/N-ethyl adjacent to an activating group) is 1. The summed E-state index contributed by atoms with van der Waals surface area (Å²) in [4.78, 5) is 49.5. The number of aromatic nitrogens is 3. The van der Waals surface area contributed by atoms with Gasteiger partial charge in [0.2, 0.25) is 5.91 Å². The summed E-state index contributed by atoms with van der Waals surface area (Å²) in [6, 6.07) is 13.3. The van der Waals surface area contributed by atoms with Crippen molar-refractivity contribution < 1.29 is 9.59 Å². The van der Waals surface area contributed by atoms with E-state index >= 15 is 0 Å². The van der Waals surface area contributed by atoms with E-state index in [2.05, 4.69) is 27.4 Å². The number of hydrogen-bond acceptors (Lipinski definition) is 4. The zero-order chi connectivity index (χ0) is 24.4. The fraction of sp³-hybridized carbons (Fsp3) is 0.462. The van der Waals surface area contributed by atoms with Crippen LogP contribution in [0.3, 0.4) is 0 Å². The molecule has 2 saturated heterocycles. The Morgan fingerprint density at radius 2 is 1.83 bits per heavy atom. The third-order valence-electron chi connectivity index (χ3n) is 7.41. The molecule has 9 nitrogen and oxygen atoms in total. The first-order chi connectivity index (χ1) is 17.0. The normalized spacial score (nSPS) is 21.8. The maximum atomic E-state index is 13.2. The van der Waals surface area contributed by atoms with Crippen molar-refractivity contribution in [3.05, 3.63) is 64.7 Å². The minimum absolute atomic E-state index is 0.00576. The Labute approximate surface area is 204 Å². The van der Waals surface area contributed by atoms with Gasteiger partial charge in [0.25, 0.3) is 0 Å². The van der Waals surface area contributed by atoms with Crippen LogP contribution in [0.5, 0.6) is 0 Å². The van der Waals surface area contributed by atoms with Crippen molar-refractivity contribution in [3.63, 3.8) is 0 Å². The van der Waals surface area contributed by atoms with E-state index in [-0.39, 0.29) is 29.6 Å². The van der Waals surface area contributed by atoms with Crippen LogP contribution in [-0.2, 0) is 4.79 Å². The van der Waals surface area contributed by atoms with Crippen LogP contribution < -0.4 is 11.0 Å². The van der Waals surface area contributed by atoms with Gasteiger partial charge >= 0.3 is 11.7 Å². The lowest BCUT2D eigenvalue weighted by Gasteiger charge is -2.33. The number of pyridine rings is 1. The molecule has 2 atom stereocenters. The number of nitrogens with zero attached hydrogens (tertiary/aromatic N) is 4. The van der Waals surface area contributed by atoms with Crippen molar-refractivity contribution >= 4 is 23.1 Å². The van der Waals surface area contributed by atoms with Gasteiger partial charge in [-0.3, -0.25) is 14.3 Å². The molecule has 0 spiro atoms. The van der Waals surface area contributed by atoms with E-state index in [0.29, 0.717) is 51.1 Å². The predicted molar refractivity (Wildman–Crippen MR) is 133 cm³/mol. The number of imidazole rings is 1. The number of H-pyrrole nitrogens is 1. The summed E-state index contributed by atoms with van der Waals surface area (Å²) in [6.45, 7) is 4.33. The number of hydrogen-bond donors (Lipinski definition) is 2. The van der Waals surface area contributed by atoms with Gasteiger partial charge < -0.3 is 15.1 Å². The highest BCUT2D eigenvalue weighted by molar-refractivity contribution is 5.87. The van der Waals surface area contributed by atoms with Crippen LogP contribution in [0.25, 0.3) is 11.2 Å². The van der Waals surface area contributed by atoms with Gasteiger partial charge in [0.1, 0.15) is 6.04 Å². The number of benzene rings is 1. The summed E-state index contributed by atoms with van der Waals surface area (Å²) >= 11 is 0. The molecule has 5 rings (SSSR count). The highest BCUT2D eigenvalue weighted by Crippen LogP contribution is 2.28. The van der Waals surface area contributed by atoms with E-state index < -0.39 is 6.04 Å². The van der Waals surface area contributed by atoms with E-state index in [4.69, 9.17) is 0 Å². The van der Waals surface area contributed by atoms with Crippen molar-refractivity contribution in [2.75, 3.05) is 26.2 Å². The number of piperidine rings is 1. The molecule has 4 heterocycles. The van der Waals surface area contributed by atoms with Crippen molar-refractivity contribution in [1.29, 1.82) is 0 Å². The summed E-state index contributed by atoms with van der Waals surface area (Å²) in [5.41, 5.74) is 2.43. The first-order valence-electron chi connectivity index (χ1n) is 12.5. The lowest BCUT2D eigenvalue weighted by molar-refractivity contribution is -0.132. The quantitative estimate of drug-likeness (QED) is 0.604. The summed E-state index contributed by atoms with van der Waals surface area (Å²) in [6.07, 6.45) is 4.47. The van der Waals surface area contributed by atoms with Gasteiger partial charge in [-0.25, -0.2) is 14.6 Å². The predicted octanol–water partition coefficient (Wildman–Crippen LogP) is 2.87. The average molecular weight is 477 g/mol. The van der Waals surface area contributed by atoms with E-state index in [1.165, 1.54) is 5.56 Å². The Kier molecular flexibility index (Phi) is 6.57. The number of urea groups is 1. The Balaban J connectivity index is 1.22. The number of rotatable bonds is 4. The van der Waals surface area contributed by atoms with E-state index in [1.54, 1.807) is 15.7 Å². The minimum Gasteiger partial charge on any atom is -0.341 e. The van der Waals surface area contributed by atoms with Gasteiger partial charge in [-0.05, 0) is 50.3 Å². The smallest absolute Gasteiger partial charge is 0.327 e. The van der Waals surface area contributed by atoms with Crippen molar-refractivity contribution in [2.24, 2.45) is 0 Å². The largest absolute Gasteiger partial charge is 0.341 e. The molecule has 2 aliphatic rings. The second-order valence-corrected chi connectivity index (χ2v) is 9.45. The molecule has 9 heteroatoms. The third kappa shape index (κ3) is 4.67. The molecule has 0 aliphatic carbocycles. The SMILES string of the molecule is CCN1C[C@H](c2ccccc2)CC[C@@H](NC(=O)N2CCC(n3c(=O)[nH]c4ncccc43)CC2)C1=O.